The molecule has 0 spiro atoms. The van der Waals surface area contributed by atoms with Crippen LogP contribution in [0.2, 0.25) is 0 Å². The van der Waals surface area contributed by atoms with E-state index in [2.05, 4.69) is 15.3 Å². The van der Waals surface area contributed by atoms with Gasteiger partial charge in [-0.1, -0.05) is 30.3 Å². The fourth-order valence-corrected chi connectivity index (χ4v) is 2.74. The van der Waals surface area contributed by atoms with E-state index >= 15 is 0 Å². The Bertz CT molecular complexity index is 593. The quantitative estimate of drug-likeness (QED) is 0.827. The molecular weight excluding hydrogens is 248 g/mol. The van der Waals surface area contributed by atoms with Gasteiger partial charge in [0.25, 0.3) is 0 Å². The van der Waals surface area contributed by atoms with E-state index in [1.165, 1.54) is 11.8 Å². The van der Waals surface area contributed by atoms with E-state index in [9.17, 15) is 0 Å². The molecule has 0 aliphatic carbocycles. The Morgan fingerprint density at radius 1 is 1.22 bits per heavy atom. The zero-order chi connectivity index (χ0) is 12.5. The van der Waals surface area contributed by atoms with Crippen LogP contribution >= 0.6 is 11.8 Å². The lowest BCUT2D eigenvalue weighted by Crippen LogP contribution is -2.26. The molecule has 0 amide bonds. The molecule has 0 saturated heterocycles. The summed E-state index contributed by atoms with van der Waals surface area (Å²) in [5.74, 6) is 0.778. The molecule has 0 N–H and O–H groups in total. The largest absolute Gasteiger partial charge is 0.364 e. The van der Waals surface area contributed by atoms with Crippen molar-refractivity contribution in [2.75, 3.05) is 7.11 Å². The SMILES string of the molecule is CO[C@@H]1Sc2nnc(C)n2N=C1c1ccccc1. The molecule has 1 aromatic carbocycles. The van der Waals surface area contributed by atoms with E-state index in [4.69, 9.17) is 4.74 Å². The number of rotatable bonds is 2. The van der Waals surface area contributed by atoms with Gasteiger partial charge in [0.15, 0.2) is 11.3 Å². The summed E-state index contributed by atoms with van der Waals surface area (Å²) in [6.45, 7) is 1.89. The number of aryl methyl sites for hydroxylation is 1. The first kappa shape index (κ1) is 11.4. The molecule has 5 nitrogen and oxygen atoms in total. The first-order chi connectivity index (χ1) is 8.79. The molecule has 2 heterocycles. The van der Waals surface area contributed by atoms with Crippen LogP contribution < -0.4 is 0 Å². The second-order valence-electron chi connectivity index (χ2n) is 3.88. The number of methoxy groups -OCH3 is 1. The van der Waals surface area contributed by atoms with Crippen LogP contribution in [-0.2, 0) is 4.74 Å². The van der Waals surface area contributed by atoms with Crippen LogP contribution in [0.5, 0.6) is 0 Å². The summed E-state index contributed by atoms with van der Waals surface area (Å²) in [6, 6.07) is 10.0. The van der Waals surface area contributed by atoms with Crippen molar-refractivity contribution < 1.29 is 4.74 Å². The molecule has 0 fully saturated rings. The maximum Gasteiger partial charge on any atom is 0.214 e. The van der Waals surface area contributed by atoms with Gasteiger partial charge in [0.05, 0.1) is 0 Å². The highest BCUT2D eigenvalue weighted by Crippen LogP contribution is 2.30. The van der Waals surface area contributed by atoms with Crippen LogP contribution in [0.4, 0.5) is 0 Å². The van der Waals surface area contributed by atoms with Gasteiger partial charge in [-0.05, 0) is 18.7 Å². The third kappa shape index (κ3) is 1.83. The molecule has 0 bridgehead atoms. The molecule has 1 aromatic heterocycles. The van der Waals surface area contributed by atoms with Crippen molar-refractivity contribution in [2.45, 2.75) is 17.5 Å². The average Bonchev–Trinajstić information content (AvgIpc) is 2.79. The lowest BCUT2D eigenvalue weighted by Gasteiger charge is -2.21. The lowest BCUT2D eigenvalue weighted by molar-refractivity contribution is 0.218. The van der Waals surface area contributed by atoms with E-state index in [0.29, 0.717) is 0 Å². The number of hydrogen-bond donors (Lipinski definition) is 0. The van der Waals surface area contributed by atoms with Crippen molar-refractivity contribution in [1.29, 1.82) is 0 Å². The zero-order valence-electron chi connectivity index (χ0n) is 10.1. The summed E-state index contributed by atoms with van der Waals surface area (Å²) in [5, 5.41) is 13.4. The van der Waals surface area contributed by atoms with Crippen LogP contribution in [0.15, 0.2) is 40.6 Å². The second kappa shape index (κ2) is 4.55. The number of thioether (sulfide) groups is 1. The smallest absolute Gasteiger partial charge is 0.214 e. The highest BCUT2D eigenvalue weighted by molar-refractivity contribution is 8.00. The summed E-state index contributed by atoms with van der Waals surface area (Å²) >= 11 is 1.52. The van der Waals surface area contributed by atoms with Crippen LogP contribution in [0.3, 0.4) is 0 Å². The Labute approximate surface area is 109 Å². The minimum atomic E-state index is -0.150. The molecule has 2 aromatic rings. The Kier molecular flexibility index (Phi) is 2.89. The van der Waals surface area contributed by atoms with Gasteiger partial charge in [0, 0.05) is 12.7 Å². The number of aromatic nitrogens is 3. The molecule has 0 radical (unpaired) electrons. The predicted octanol–water partition coefficient (Wildman–Crippen LogP) is 1.92. The minimum absolute atomic E-state index is 0.150. The zero-order valence-corrected chi connectivity index (χ0v) is 10.9. The van der Waals surface area contributed by atoms with Gasteiger partial charge < -0.3 is 4.74 Å². The van der Waals surface area contributed by atoms with Crippen molar-refractivity contribution in [3.63, 3.8) is 0 Å². The van der Waals surface area contributed by atoms with Gasteiger partial charge in [-0.15, -0.1) is 10.2 Å². The Morgan fingerprint density at radius 3 is 2.72 bits per heavy atom. The van der Waals surface area contributed by atoms with E-state index in [0.717, 1.165) is 22.3 Å². The van der Waals surface area contributed by atoms with E-state index in [1.807, 2.05) is 37.3 Å². The maximum atomic E-state index is 5.48. The third-order valence-corrected chi connectivity index (χ3v) is 3.79. The summed E-state index contributed by atoms with van der Waals surface area (Å²) in [5.41, 5.74) is 1.79. The van der Waals surface area contributed by atoms with Crippen molar-refractivity contribution in [1.82, 2.24) is 14.9 Å². The van der Waals surface area contributed by atoms with Crippen LogP contribution in [0, 0.1) is 6.92 Å². The van der Waals surface area contributed by atoms with Gasteiger partial charge in [-0.3, -0.25) is 0 Å². The van der Waals surface area contributed by atoms with Crippen molar-refractivity contribution >= 4 is 17.5 Å². The van der Waals surface area contributed by atoms with Crippen molar-refractivity contribution in [2.24, 2.45) is 5.10 Å². The number of ether oxygens (including phenoxy) is 1. The molecule has 1 aliphatic rings. The molecule has 3 rings (SSSR count). The molecule has 1 atom stereocenters. The van der Waals surface area contributed by atoms with Gasteiger partial charge >= 0.3 is 0 Å². The van der Waals surface area contributed by atoms with Crippen molar-refractivity contribution in [3.05, 3.63) is 41.7 Å². The lowest BCUT2D eigenvalue weighted by atomic mass is 10.1. The maximum absolute atomic E-state index is 5.48. The predicted molar refractivity (Wildman–Crippen MR) is 69.8 cm³/mol. The molecular formula is C12H12N4OS. The topological polar surface area (TPSA) is 52.3 Å². The Balaban J connectivity index is 2.11. The summed E-state index contributed by atoms with van der Waals surface area (Å²) < 4.78 is 7.23. The summed E-state index contributed by atoms with van der Waals surface area (Å²) in [4.78, 5) is 0. The number of benzene rings is 1. The van der Waals surface area contributed by atoms with Gasteiger partial charge in [-0.2, -0.15) is 9.78 Å². The Hall–Kier alpha value is -1.66. The highest BCUT2D eigenvalue weighted by atomic mass is 32.2. The fraction of sp³-hybridized carbons (Fsp3) is 0.250. The summed E-state index contributed by atoms with van der Waals surface area (Å²) in [7, 11) is 1.68. The van der Waals surface area contributed by atoms with E-state index in [-0.39, 0.29) is 5.44 Å². The summed E-state index contributed by atoms with van der Waals surface area (Å²) in [6.07, 6.45) is 0. The molecule has 1 aliphatic heterocycles. The van der Waals surface area contributed by atoms with E-state index in [1.54, 1.807) is 11.8 Å². The molecule has 0 saturated carbocycles. The number of nitrogens with zero attached hydrogens (tertiary/aromatic N) is 4. The molecule has 0 unspecified atom stereocenters. The first-order valence-electron chi connectivity index (χ1n) is 5.55. The van der Waals surface area contributed by atoms with Gasteiger partial charge in [0.1, 0.15) is 5.71 Å². The first-order valence-corrected chi connectivity index (χ1v) is 6.43. The number of fused-ring (bicyclic) bond motifs is 1. The monoisotopic (exact) mass is 260 g/mol. The van der Waals surface area contributed by atoms with Crippen molar-refractivity contribution in [3.8, 4) is 0 Å². The highest BCUT2D eigenvalue weighted by Gasteiger charge is 2.27. The second-order valence-corrected chi connectivity index (χ2v) is 4.91. The minimum Gasteiger partial charge on any atom is -0.364 e. The van der Waals surface area contributed by atoms with Gasteiger partial charge in [0.2, 0.25) is 5.16 Å². The normalized spacial score (nSPS) is 18.3. The van der Waals surface area contributed by atoms with Crippen LogP contribution in [0.25, 0.3) is 0 Å². The molecule has 6 heteroatoms. The number of hydrogen-bond acceptors (Lipinski definition) is 5. The standard InChI is InChI=1S/C12H12N4OS/c1-8-13-14-12-16(8)15-10(11(17-2)18-12)9-6-4-3-5-7-9/h3-7,11H,1-2H3/t11-/m1/s1. The Morgan fingerprint density at radius 2 is 2.00 bits per heavy atom. The fourth-order valence-electron chi connectivity index (χ4n) is 1.80. The molecule has 18 heavy (non-hydrogen) atoms. The average molecular weight is 260 g/mol. The molecule has 92 valence electrons. The van der Waals surface area contributed by atoms with Crippen LogP contribution in [-0.4, -0.2) is 33.1 Å². The van der Waals surface area contributed by atoms with Crippen LogP contribution in [0.1, 0.15) is 11.4 Å². The van der Waals surface area contributed by atoms with E-state index < -0.39 is 0 Å². The van der Waals surface area contributed by atoms with Gasteiger partial charge in [-0.25, -0.2) is 0 Å². The third-order valence-electron chi connectivity index (χ3n) is 2.70.